The number of halogens is 3. The van der Waals surface area contributed by atoms with Gasteiger partial charge in [0.15, 0.2) is 0 Å². The molecule has 0 saturated heterocycles. The highest BCUT2D eigenvalue weighted by molar-refractivity contribution is 6.16. The molecular weight excluding hydrogens is 423 g/mol. The minimum atomic E-state index is -4.53. The number of hydrogen-bond acceptors (Lipinski definition) is 5. The van der Waals surface area contributed by atoms with Crippen molar-refractivity contribution in [3.05, 3.63) is 65.4 Å². The van der Waals surface area contributed by atoms with E-state index < -0.39 is 17.7 Å². The number of rotatable bonds is 9. The summed E-state index contributed by atoms with van der Waals surface area (Å²) >= 11 is 0. The molecule has 0 unspecified atom stereocenters. The fourth-order valence-electron chi connectivity index (χ4n) is 3.33. The Morgan fingerprint density at radius 3 is 2.41 bits per heavy atom. The molecule has 32 heavy (non-hydrogen) atoms. The maximum absolute atomic E-state index is 13.7. The molecule has 174 valence electrons. The predicted octanol–water partition coefficient (Wildman–Crippen LogP) is 5.54. The van der Waals surface area contributed by atoms with Gasteiger partial charge in [-0.3, -0.25) is 0 Å². The average Bonchev–Trinajstić information content (AvgIpc) is 2.74. The molecule has 0 atom stereocenters. The topological polar surface area (TPSA) is 48.0 Å². The number of benzene rings is 2. The van der Waals surface area contributed by atoms with Gasteiger partial charge in [0.2, 0.25) is 0 Å². The number of ether oxygens (including phenoxy) is 3. The Labute approximate surface area is 186 Å². The number of hydrogen-bond donors (Lipinski definition) is 0. The van der Waals surface area contributed by atoms with E-state index in [4.69, 9.17) is 14.2 Å². The van der Waals surface area contributed by atoms with E-state index in [-0.39, 0.29) is 29.5 Å². The maximum Gasteiger partial charge on any atom is 0.418 e. The van der Waals surface area contributed by atoms with Crippen molar-refractivity contribution in [3.63, 3.8) is 0 Å². The summed E-state index contributed by atoms with van der Waals surface area (Å²) in [5.74, 6) is -0.321. The zero-order valence-corrected chi connectivity index (χ0v) is 18.8. The lowest BCUT2D eigenvalue weighted by molar-refractivity contribution is -0.137. The fourth-order valence-corrected chi connectivity index (χ4v) is 3.33. The highest BCUT2D eigenvalue weighted by Gasteiger charge is 2.35. The first-order valence-electron chi connectivity index (χ1n) is 10.0. The van der Waals surface area contributed by atoms with Crippen molar-refractivity contribution < 1.29 is 32.2 Å². The smallest absolute Gasteiger partial charge is 0.418 e. The summed E-state index contributed by atoms with van der Waals surface area (Å²) in [5.41, 5.74) is 0.605. The largest absolute Gasteiger partial charge is 0.503 e. The summed E-state index contributed by atoms with van der Waals surface area (Å²) in [5, 5.41) is 0. The molecule has 2 aromatic rings. The number of nitrogens with zero attached hydrogens (tertiary/aromatic N) is 1. The van der Waals surface area contributed by atoms with Crippen LogP contribution in [0.25, 0.3) is 5.57 Å². The Hall–Kier alpha value is -3.16. The monoisotopic (exact) mass is 451 g/mol. The quantitative estimate of drug-likeness (QED) is 0.285. The molecule has 0 heterocycles. The second-order valence-electron chi connectivity index (χ2n) is 7.66. The molecular formula is C24H28F3NO4. The van der Waals surface area contributed by atoms with Crippen molar-refractivity contribution in [1.82, 2.24) is 0 Å². The zero-order chi connectivity index (χ0) is 23.9. The normalized spacial score (nSPS) is 12.0. The van der Waals surface area contributed by atoms with E-state index in [1.54, 1.807) is 36.2 Å². The van der Waals surface area contributed by atoms with Crippen molar-refractivity contribution in [2.75, 3.05) is 32.7 Å². The number of anilines is 1. The first-order chi connectivity index (χ1) is 15.1. The Bertz CT molecular complexity index is 955. The molecule has 0 spiro atoms. The first kappa shape index (κ1) is 25.1. The van der Waals surface area contributed by atoms with E-state index in [9.17, 15) is 18.0 Å². The summed E-state index contributed by atoms with van der Waals surface area (Å²) < 4.78 is 56.6. The van der Waals surface area contributed by atoms with Gasteiger partial charge in [0.25, 0.3) is 0 Å². The van der Waals surface area contributed by atoms with Crippen molar-refractivity contribution in [1.29, 1.82) is 0 Å². The molecule has 0 fully saturated rings. The van der Waals surface area contributed by atoms with Crippen LogP contribution in [0.5, 0.6) is 5.75 Å². The molecule has 2 aromatic carbocycles. The molecule has 8 heteroatoms. The summed E-state index contributed by atoms with van der Waals surface area (Å²) in [6, 6.07) is 10.8. The van der Waals surface area contributed by atoms with Gasteiger partial charge in [-0.05, 0) is 35.2 Å². The standard InChI is InChI=1S/C24H28F3NO4/c1-16(2)13-28(3)22-11-10-18(12-21(22)24(25,26)27)32-14-17-8-6-7-9-19(17)20(15-30-4)23(29)31-5/h6-12,15-16H,13-14H2,1-5H3/b20-15+. The summed E-state index contributed by atoms with van der Waals surface area (Å²) in [6.07, 6.45) is -3.27. The van der Waals surface area contributed by atoms with Crippen LogP contribution in [0.3, 0.4) is 0 Å². The van der Waals surface area contributed by atoms with E-state index in [0.29, 0.717) is 17.7 Å². The molecule has 5 nitrogen and oxygen atoms in total. The van der Waals surface area contributed by atoms with Crippen LogP contribution in [0.2, 0.25) is 0 Å². The number of esters is 1. The van der Waals surface area contributed by atoms with Gasteiger partial charge >= 0.3 is 12.1 Å². The summed E-state index contributed by atoms with van der Waals surface area (Å²) in [7, 11) is 4.29. The van der Waals surface area contributed by atoms with Crippen LogP contribution >= 0.6 is 0 Å². The highest BCUT2D eigenvalue weighted by atomic mass is 19.4. The molecule has 0 amide bonds. The second kappa shape index (κ2) is 10.9. The molecule has 0 N–H and O–H groups in total. The van der Waals surface area contributed by atoms with Crippen LogP contribution in [-0.2, 0) is 27.1 Å². The van der Waals surface area contributed by atoms with Gasteiger partial charge in [-0.1, -0.05) is 38.1 Å². The van der Waals surface area contributed by atoms with Gasteiger partial charge in [-0.2, -0.15) is 13.2 Å². The molecule has 0 aromatic heterocycles. The van der Waals surface area contributed by atoms with Gasteiger partial charge in [0.1, 0.15) is 17.9 Å². The number of carbonyl (C=O) groups excluding carboxylic acids is 1. The zero-order valence-electron chi connectivity index (χ0n) is 18.8. The third kappa shape index (κ3) is 6.42. The predicted molar refractivity (Wildman–Crippen MR) is 117 cm³/mol. The van der Waals surface area contributed by atoms with Crippen LogP contribution in [0.4, 0.5) is 18.9 Å². The SMILES string of the molecule is CO/C=C(/C(=O)OC)c1ccccc1COc1ccc(N(C)CC(C)C)c(C(F)(F)F)c1. The van der Waals surface area contributed by atoms with Gasteiger partial charge in [0, 0.05) is 19.3 Å². The van der Waals surface area contributed by atoms with E-state index in [0.717, 1.165) is 6.07 Å². The lowest BCUT2D eigenvalue weighted by atomic mass is 10.0. The van der Waals surface area contributed by atoms with Crippen LogP contribution < -0.4 is 9.64 Å². The van der Waals surface area contributed by atoms with Crippen LogP contribution in [0.1, 0.15) is 30.5 Å². The van der Waals surface area contributed by atoms with Crippen molar-refractivity contribution in [2.24, 2.45) is 5.92 Å². The Morgan fingerprint density at radius 2 is 1.81 bits per heavy atom. The van der Waals surface area contributed by atoms with Crippen LogP contribution in [-0.4, -0.2) is 33.8 Å². The molecule has 2 rings (SSSR count). The Kier molecular flexibility index (Phi) is 8.57. The van der Waals surface area contributed by atoms with Crippen molar-refractivity contribution in [2.45, 2.75) is 26.6 Å². The van der Waals surface area contributed by atoms with Crippen molar-refractivity contribution in [3.8, 4) is 5.75 Å². The van der Waals surface area contributed by atoms with Gasteiger partial charge in [-0.15, -0.1) is 0 Å². The third-order valence-electron chi connectivity index (χ3n) is 4.67. The summed E-state index contributed by atoms with van der Waals surface area (Å²) in [4.78, 5) is 13.7. The maximum atomic E-state index is 13.7. The third-order valence-corrected chi connectivity index (χ3v) is 4.67. The van der Waals surface area contributed by atoms with Crippen molar-refractivity contribution >= 4 is 17.2 Å². The molecule has 0 aliphatic carbocycles. The second-order valence-corrected chi connectivity index (χ2v) is 7.66. The van der Waals surface area contributed by atoms with Gasteiger partial charge in [0.05, 0.1) is 26.0 Å². The summed E-state index contributed by atoms with van der Waals surface area (Å²) in [6.45, 7) is 4.32. The van der Waals surface area contributed by atoms with E-state index in [1.807, 2.05) is 13.8 Å². The minimum absolute atomic E-state index is 0.0489. The molecule has 0 radical (unpaired) electrons. The van der Waals surface area contributed by atoms with E-state index >= 15 is 0 Å². The van der Waals surface area contributed by atoms with E-state index in [2.05, 4.69) is 0 Å². The average molecular weight is 451 g/mol. The van der Waals surface area contributed by atoms with Crippen LogP contribution in [0, 0.1) is 5.92 Å². The first-order valence-corrected chi connectivity index (χ1v) is 10.0. The molecule has 0 bridgehead atoms. The molecule has 0 aliphatic heterocycles. The van der Waals surface area contributed by atoms with E-state index in [1.165, 1.54) is 32.6 Å². The highest BCUT2D eigenvalue weighted by Crippen LogP contribution is 2.39. The minimum Gasteiger partial charge on any atom is -0.503 e. The Balaban J connectivity index is 2.34. The number of alkyl halides is 3. The van der Waals surface area contributed by atoms with Gasteiger partial charge < -0.3 is 19.1 Å². The van der Waals surface area contributed by atoms with Crippen LogP contribution in [0.15, 0.2) is 48.7 Å². The lowest BCUT2D eigenvalue weighted by Gasteiger charge is -2.25. The Morgan fingerprint density at radius 1 is 1.12 bits per heavy atom. The lowest BCUT2D eigenvalue weighted by Crippen LogP contribution is -2.25. The van der Waals surface area contributed by atoms with Gasteiger partial charge in [-0.25, -0.2) is 4.79 Å². The number of carbonyl (C=O) groups is 1. The number of methoxy groups -OCH3 is 2. The fraction of sp³-hybridized carbons (Fsp3) is 0.375. The molecule has 0 saturated carbocycles. The molecule has 0 aliphatic rings.